The van der Waals surface area contributed by atoms with Crippen LogP contribution in [0.2, 0.25) is 0 Å². The van der Waals surface area contributed by atoms with Crippen LogP contribution in [0.3, 0.4) is 0 Å². The molecule has 1 heterocycles. The molecule has 19 heavy (non-hydrogen) atoms. The van der Waals surface area contributed by atoms with Crippen LogP contribution in [0.4, 0.5) is 0 Å². The Morgan fingerprint density at radius 1 is 1.32 bits per heavy atom. The Labute approximate surface area is 119 Å². The fourth-order valence-corrected chi connectivity index (χ4v) is 4.18. The van der Waals surface area contributed by atoms with Crippen molar-refractivity contribution in [1.82, 2.24) is 9.80 Å². The number of aliphatic hydroxyl groups excluding tert-OH is 1. The van der Waals surface area contributed by atoms with E-state index in [2.05, 4.69) is 30.7 Å². The number of piperazine rings is 1. The third-order valence-electron chi connectivity index (χ3n) is 5.41. The van der Waals surface area contributed by atoms with E-state index in [1.165, 1.54) is 51.7 Å². The van der Waals surface area contributed by atoms with Gasteiger partial charge >= 0.3 is 0 Å². The van der Waals surface area contributed by atoms with E-state index < -0.39 is 0 Å². The van der Waals surface area contributed by atoms with Gasteiger partial charge in [-0.3, -0.25) is 4.90 Å². The summed E-state index contributed by atoms with van der Waals surface area (Å²) in [6.07, 6.45) is 6.31. The Kier molecular flexibility index (Phi) is 5.27. The van der Waals surface area contributed by atoms with Gasteiger partial charge in [-0.2, -0.15) is 0 Å². The van der Waals surface area contributed by atoms with Crippen molar-refractivity contribution in [2.45, 2.75) is 52.0 Å². The lowest BCUT2D eigenvalue weighted by Gasteiger charge is -2.46. The molecule has 1 aliphatic carbocycles. The molecule has 1 saturated carbocycles. The Bertz CT molecular complexity index is 284. The molecule has 0 bridgehead atoms. The minimum atomic E-state index is 0.186. The highest BCUT2D eigenvalue weighted by molar-refractivity contribution is 4.90. The topological polar surface area (TPSA) is 26.7 Å². The molecule has 0 aromatic heterocycles. The summed E-state index contributed by atoms with van der Waals surface area (Å²) < 4.78 is 0. The third-order valence-corrected chi connectivity index (χ3v) is 5.41. The molecule has 2 aliphatic rings. The first-order chi connectivity index (χ1) is 9.08. The molecule has 3 atom stereocenters. The fourth-order valence-electron chi connectivity index (χ4n) is 4.18. The van der Waals surface area contributed by atoms with E-state index in [4.69, 9.17) is 0 Å². The SMILES string of the molecule is CCC1CN(CC2(CO)CCCC(C)C2)CCN1C. The number of hydrogen-bond donors (Lipinski definition) is 1. The summed E-state index contributed by atoms with van der Waals surface area (Å²) in [6.45, 7) is 9.65. The molecule has 2 fully saturated rings. The zero-order valence-corrected chi connectivity index (χ0v) is 13.1. The van der Waals surface area contributed by atoms with Crippen molar-refractivity contribution in [3.8, 4) is 0 Å². The van der Waals surface area contributed by atoms with Crippen LogP contribution in [0, 0.1) is 11.3 Å². The molecule has 1 N–H and O–H groups in total. The predicted octanol–water partition coefficient (Wildman–Crippen LogP) is 2.20. The van der Waals surface area contributed by atoms with Gasteiger partial charge in [-0.05, 0) is 32.2 Å². The number of hydrogen-bond acceptors (Lipinski definition) is 3. The van der Waals surface area contributed by atoms with Gasteiger partial charge in [-0.15, -0.1) is 0 Å². The molecule has 1 aliphatic heterocycles. The van der Waals surface area contributed by atoms with Crippen LogP contribution in [0.1, 0.15) is 46.0 Å². The number of aliphatic hydroxyl groups is 1. The monoisotopic (exact) mass is 268 g/mol. The quantitative estimate of drug-likeness (QED) is 0.847. The molecule has 0 aromatic rings. The van der Waals surface area contributed by atoms with Crippen molar-refractivity contribution in [1.29, 1.82) is 0 Å². The predicted molar refractivity (Wildman–Crippen MR) is 80.3 cm³/mol. The van der Waals surface area contributed by atoms with Gasteiger partial charge in [0.1, 0.15) is 0 Å². The molecule has 1 saturated heterocycles. The summed E-state index contributed by atoms with van der Waals surface area (Å²) in [5, 5.41) is 9.93. The van der Waals surface area contributed by atoms with Crippen molar-refractivity contribution >= 4 is 0 Å². The fraction of sp³-hybridized carbons (Fsp3) is 1.00. The standard InChI is InChI=1S/C16H32N2O/c1-4-15-11-18(9-8-17(15)3)12-16(13-19)7-5-6-14(2)10-16/h14-15,19H,4-13H2,1-3H3. The Morgan fingerprint density at radius 2 is 2.11 bits per heavy atom. The van der Waals surface area contributed by atoms with Crippen LogP contribution in [0.15, 0.2) is 0 Å². The van der Waals surface area contributed by atoms with Gasteiger partial charge < -0.3 is 10.0 Å². The highest BCUT2D eigenvalue weighted by Crippen LogP contribution is 2.39. The van der Waals surface area contributed by atoms with Crippen molar-refractivity contribution in [2.24, 2.45) is 11.3 Å². The zero-order chi connectivity index (χ0) is 13.9. The summed E-state index contributed by atoms with van der Waals surface area (Å²) in [4.78, 5) is 5.11. The van der Waals surface area contributed by atoms with Gasteiger partial charge in [0.15, 0.2) is 0 Å². The smallest absolute Gasteiger partial charge is 0.0499 e. The van der Waals surface area contributed by atoms with Gasteiger partial charge in [0.2, 0.25) is 0 Å². The Hall–Kier alpha value is -0.120. The van der Waals surface area contributed by atoms with Crippen molar-refractivity contribution in [3.05, 3.63) is 0 Å². The van der Waals surface area contributed by atoms with E-state index in [1.807, 2.05) is 0 Å². The van der Waals surface area contributed by atoms with Crippen LogP contribution in [0.5, 0.6) is 0 Å². The van der Waals surface area contributed by atoms with Gasteiger partial charge in [-0.25, -0.2) is 0 Å². The number of rotatable bonds is 4. The molecule has 0 amide bonds. The van der Waals surface area contributed by atoms with Crippen molar-refractivity contribution < 1.29 is 5.11 Å². The van der Waals surface area contributed by atoms with E-state index in [9.17, 15) is 5.11 Å². The first-order valence-corrected chi connectivity index (χ1v) is 8.12. The first-order valence-electron chi connectivity index (χ1n) is 8.12. The largest absolute Gasteiger partial charge is 0.396 e. The summed E-state index contributed by atoms with van der Waals surface area (Å²) in [7, 11) is 2.25. The maximum atomic E-state index is 9.93. The maximum absolute atomic E-state index is 9.93. The lowest BCUT2D eigenvalue weighted by molar-refractivity contribution is -0.00145. The van der Waals surface area contributed by atoms with E-state index in [1.54, 1.807) is 0 Å². The molecule has 0 spiro atoms. The van der Waals surface area contributed by atoms with Gasteiger partial charge in [-0.1, -0.05) is 26.7 Å². The summed E-state index contributed by atoms with van der Waals surface area (Å²) in [6, 6.07) is 0.700. The normalized spacial score (nSPS) is 38.5. The third kappa shape index (κ3) is 3.71. The number of likely N-dealkylation sites (N-methyl/N-ethyl adjacent to an activating group) is 1. The second kappa shape index (κ2) is 6.55. The lowest BCUT2D eigenvalue weighted by Crippen LogP contribution is -2.54. The van der Waals surface area contributed by atoms with Crippen LogP contribution in [-0.2, 0) is 0 Å². The molecule has 0 aromatic carbocycles. The highest BCUT2D eigenvalue weighted by atomic mass is 16.3. The molecule has 3 nitrogen and oxygen atoms in total. The zero-order valence-electron chi connectivity index (χ0n) is 13.1. The molecule has 0 radical (unpaired) electrons. The van der Waals surface area contributed by atoms with Crippen LogP contribution in [0.25, 0.3) is 0 Å². The van der Waals surface area contributed by atoms with Gasteiger partial charge in [0.25, 0.3) is 0 Å². The molecule has 3 unspecified atom stereocenters. The van der Waals surface area contributed by atoms with Crippen LogP contribution >= 0.6 is 0 Å². The maximum Gasteiger partial charge on any atom is 0.0499 e. The summed E-state index contributed by atoms with van der Waals surface area (Å²) in [5.74, 6) is 0.787. The second-order valence-corrected chi connectivity index (χ2v) is 7.14. The highest BCUT2D eigenvalue weighted by Gasteiger charge is 2.37. The lowest BCUT2D eigenvalue weighted by atomic mass is 9.70. The van der Waals surface area contributed by atoms with Crippen LogP contribution < -0.4 is 0 Å². The average molecular weight is 268 g/mol. The van der Waals surface area contributed by atoms with E-state index in [-0.39, 0.29) is 5.41 Å². The van der Waals surface area contributed by atoms with E-state index in [0.717, 1.165) is 12.5 Å². The van der Waals surface area contributed by atoms with Gasteiger partial charge in [0, 0.05) is 44.2 Å². The molecular weight excluding hydrogens is 236 g/mol. The minimum absolute atomic E-state index is 0.186. The van der Waals surface area contributed by atoms with Crippen LogP contribution in [-0.4, -0.2) is 60.8 Å². The molecule has 2 rings (SSSR count). The number of nitrogens with zero attached hydrogens (tertiary/aromatic N) is 2. The molecule has 3 heteroatoms. The first kappa shape index (κ1) is 15.3. The summed E-state index contributed by atoms with van der Waals surface area (Å²) in [5.41, 5.74) is 0.186. The molecular formula is C16H32N2O. The average Bonchev–Trinajstić information content (AvgIpc) is 2.41. The van der Waals surface area contributed by atoms with E-state index in [0.29, 0.717) is 12.6 Å². The Morgan fingerprint density at radius 3 is 2.74 bits per heavy atom. The minimum Gasteiger partial charge on any atom is -0.396 e. The summed E-state index contributed by atoms with van der Waals surface area (Å²) >= 11 is 0. The van der Waals surface area contributed by atoms with E-state index >= 15 is 0 Å². The Balaban J connectivity index is 1.94. The van der Waals surface area contributed by atoms with Crippen molar-refractivity contribution in [3.63, 3.8) is 0 Å². The molecule has 112 valence electrons. The van der Waals surface area contributed by atoms with Gasteiger partial charge in [0.05, 0.1) is 0 Å². The van der Waals surface area contributed by atoms with Crippen molar-refractivity contribution in [2.75, 3.05) is 39.8 Å². The second-order valence-electron chi connectivity index (χ2n) is 7.14.